The van der Waals surface area contributed by atoms with E-state index in [0.29, 0.717) is 18.0 Å². The predicted molar refractivity (Wildman–Crippen MR) is 20.2 cm³/mol. The molecule has 1 amide bonds. The molecule has 0 rings (SSSR count). The van der Waals surface area contributed by atoms with Crippen molar-refractivity contribution in [1.29, 1.82) is 0 Å². The van der Waals surface area contributed by atoms with Crippen molar-refractivity contribution in [2.24, 2.45) is 0 Å². The molecule has 0 aliphatic carbocycles. The molecule has 0 aliphatic rings. The van der Waals surface area contributed by atoms with E-state index in [2.05, 4.69) is 0 Å². The lowest BCUT2D eigenvalue weighted by Crippen LogP contribution is -2.14. The van der Waals surface area contributed by atoms with E-state index in [-0.39, 0.29) is 0 Å². The van der Waals surface area contributed by atoms with Crippen LogP contribution in [0.3, 0.4) is 0 Å². The van der Waals surface area contributed by atoms with Crippen LogP contribution in [0.5, 0.6) is 0 Å². The Bertz CT molecular complexity index is 46.1. The van der Waals surface area contributed by atoms with Gasteiger partial charge in [-0.1, -0.05) is 0 Å². The Kier molecular flexibility index (Phi) is 2.40. The number of carbonyl (C=O) groups is 1. The zero-order valence-corrected chi connectivity index (χ0v) is 3.59. The summed E-state index contributed by atoms with van der Waals surface area (Å²) in [5, 5.41) is 8.70. The van der Waals surface area contributed by atoms with Crippen molar-refractivity contribution in [3.8, 4) is 0 Å². The summed E-state index contributed by atoms with van der Waals surface area (Å²) in [5.41, 5.74) is 0. The Labute approximate surface area is 36.1 Å². The van der Waals surface area contributed by atoms with E-state index in [1.54, 1.807) is 6.92 Å². The molecule has 0 aromatic carbocycles. The van der Waals surface area contributed by atoms with Gasteiger partial charge in [-0.05, 0) is 6.92 Å². The molecule has 0 aromatic rings. The van der Waals surface area contributed by atoms with Crippen LogP contribution in [0.25, 0.3) is 0 Å². The highest BCUT2D eigenvalue weighted by molar-refractivity contribution is 5.44. The lowest BCUT2D eigenvalue weighted by Gasteiger charge is -1.99. The van der Waals surface area contributed by atoms with E-state index in [0.717, 1.165) is 0 Å². The zero-order valence-electron chi connectivity index (χ0n) is 3.59. The third-order valence-electron chi connectivity index (χ3n) is 0.446. The Balaban J connectivity index is 2.96. The number of amides is 1. The summed E-state index contributed by atoms with van der Waals surface area (Å²) >= 11 is 0. The lowest BCUT2D eigenvalue weighted by atomic mass is 10.8. The molecular weight excluding hydrogens is 82.0 g/mol. The third-order valence-corrected chi connectivity index (χ3v) is 0.446. The topological polar surface area (TPSA) is 40.5 Å². The highest BCUT2D eigenvalue weighted by Gasteiger charge is 1.81. The van der Waals surface area contributed by atoms with E-state index in [1.807, 2.05) is 0 Å². The molecule has 0 unspecified atom stereocenters. The largest absolute Gasteiger partial charge is 0.286 e. The van der Waals surface area contributed by atoms with Crippen LogP contribution >= 0.6 is 0 Å². The van der Waals surface area contributed by atoms with E-state index in [4.69, 9.17) is 5.21 Å². The van der Waals surface area contributed by atoms with Gasteiger partial charge in [0.2, 0.25) is 6.41 Å². The maximum absolute atomic E-state index is 9.41. The average Bonchev–Trinajstić information content (AvgIpc) is 1.65. The van der Waals surface area contributed by atoms with Crippen LogP contribution in [-0.4, -0.2) is 23.2 Å². The molecule has 0 atom stereocenters. The van der Waals surface area contributed by atoms with Gasteiger partial charge < -0.3 is 0 Å². The minimum atomic E-state index is 0.351. The molecule has 0 saturated carbocycles. The number of rotatable bonds is 2. The third kappa shape index (κ3) is 1.72. The normalized spacial score (nSPS) is 7.67. The standard InChI is InChI=1S/C3H7NO2/c1-2-4(6)3-5/h3,6H,2H2,1H3. The van der Waals surface area contributed by atoms with E-state index in [9.17, 15) is 4.79 Å². The van der Waals surface area contributed by atoms with Gasteiger partial charge in [0.1, 0.15) is 0 Å². The maximum atomic E-state index is 9.41. The molecular formula is C3H7NO2. The Hall–Kier alpha value is -0.570. The van der Waals surface area contributed by atoms with Crippen LogP contribution in [-0.2, 0) is 4.79 Å². The molecule has 6 heavy (non-hydrogen) atoms. The second-order valence-electron chi connectivity index (χ2n) is 0.861. The summed E-state index contributed by atoms with van der Waals surface area (Å²) in [6.45, 7) is 2.03. The van der Waals surface area contributed by atoms with Gasteiger partial charge in [-0.3, -0.25) is 10.0 Å². The molecule has 0 heterocycles. The second kappa shape index (κ2) is 2.66. The summed E-state index contributed by atoms with van der Waals surface area (Å²) in [5.74, 6) is 0. The van der Waals surface area contributed by atoms with Gasteiger partial charge in [0, 0.05) is 6.54 Å². The van der Waals surface area contributed by atoms with Crippen LogP contribution < -0.4 is 0 Å². The highest BCUT2D eigenvalue weighted by atomic mass is 16.5. The fraction of sp³-hybridized carbons (Fsp3) is 0.667. The highest BCUT2D eigenvalue weighted by Crippen LogP contribution is 1.65. The van der Waals surface area contributed by atoms with Crippen molar-refractivity contribution in [3.05, 3.63) is 0 Å². The molecule has 0 bridgehead atoms. The first-order valence-corrected chi connectivity index (χ1v) is 1.72. The zero-order chi connectivity index (χ0) is 4.99. The maximum Gasteiger partial charge on any atom is 0.233 e. The molecule has 3 heteroatoms. The number of nitrogens with zero attached hydrogens (tertiary/aromatic N) is 1. The van der Waals surface area contributed by atoms with Crippen molar-refractivity contribution in [2.45, 2.75) is 6.92 Å². The Morgan fingerprint density at radius 1 is 2.00 bits per heavy atom. The quantitative estimate of drug-likeness (QED) is 0.290. The van der Waals surface area contributed by atoms with Crippen LogP contribution in [0.4, 0.5) is 0 Å². The van der Waals surface area contributed by atoms with Gasteiger partial charge >= 0.3 is 0 Å². The summed E-state index contributed by atoms with van der Waals surface area (Å²) < 4.78 is 0. The summed E-state index contributed by atoms with van der Waals surface area (Å²) in [4.78, 5) is 9.41. The van der Waals surface area contributed by atoms with Crippen molar-refractivity contribution in [2.75, 3.05) is 6.54 Å². The molecule has 0 aromatic heterocycles. The molecule has 0 spiro atoms. The van der Waals surface area contributed by atoms with Crippen molar-refractivity contribution in [3.63, 3.8) is 0 Å². The molecule has 36 valence electrons. The number of carbonyl (C=O) groups excluding carboxylic acids is 1. The SMILES string of the molecule is CCN(O)C=O. The molecule has 0 fully saturated rings. The fourth-order valence-electron chi connectivity index (χ4n) is 0.0745. The van der Waals surface area contributed by atoms with E-state index < -0.39 is 0 Å². The molecule has 0 aliphatic heterocycles. The van der Waals surface area contributed by atoms with Crippen LogP contribution in [0.1, 0.15) is 6.92 Å². The van der Waals surface area contributed by atoms with Crippen LogP contribution in [0, 0.1) is 0 Å². The predicted octanol–water partition coefficient (Wildman–Crippen LogP) is -0.146. The first-order chi connectivity index (χ1) is 2.81. The molecule has 1 N–H and O–H groups in total. The number of hydroxylamine groups is 2. The summed E-state index contributed by atoms with van der Waals surface area (Å²) in [6.07, 6.45) is 0.361. The van der Waals surface area contributed by atoms with Gasteiger partial charge in [0.15, 0.2) is 0 Å². The Morgan fingerprint density at radius 3 is 2.50 bits per heavy atom. The van der Waals surface area contributed by atoms with Crippen molar-refractivity contribution in [1.82, 2.24) is 5.06 Å². The van der Waals surface area contributed by atoms with Crippen molar-refractivity contribution >= 4 is 6.41 Å². The van der Waals surface area contributed by atoms with Crippen LogP contribution in [0.2, 0.25) is 0 Å². The van der Waals surface area contributed by atoms with Crippen LogP contribution in [0.15, 0.2) is 0 Å². The lowest BCUT2D eigenvalue weighted by molar-refractivity contribution is -0.148. The molecule has 0 saturated heterocycles. The number of hydrogen-bond donors (Lipinski definition) is 1. The van der Waals surface area contributed by atoms with E-state index in [1.165, 1.54) is 0 Å². The molecule has 0 radical (unpaired) electrons. The minimum Gasteiger partial charge on any atom is -0.286 e. The Morgan fingerprint density at radius 2 is 2.50 bits per heavy atom. The summed E-state index contributed by atoms with van der Waals surface area (Å²) in [7, 11) is 0. The summed E-state index contributed by atoms with van der Waals surface area (Å²) in [6, 6.07) is 0. The van der Waals surface area contributed by atoms with E-state index >= 15 is 0 Å². The van der Waals surface area contributed by atoms with Gasteiger partial charge in [0.25, 0.3) is 0 Å². The van der Waals surface area contributed by atoms with Gasteiger partial charge in [-0.25, -0.2) is 5.06 Å². The second-order valence-corrected chi connectivity index (χ2v) is 0.861. The molecule has 3 nitrogen and oxygen atoms in total. The van der Waals surface area contributed by atoms with Gasteiger partial charge in [-0.15, -0.1) is 0 Å². The first kappa shape index (κ1) is 5.43. The van der Waals surface area contributed by atoms with Gasteiger partial charge in [-0.2, -0.15) is 0 Å². The van der Waals surface area contributed by atoms with Gasteiger partial charge in [0.05, 0.1) is 0 Å². The first-order valence-electron chi connectivity index (χ1n) is 1.72. The minimum absolute atomic E-state index is 0.351. The van der Waals surface area contributed by atoms with Crippen molar-refractivity contribution < 1.29 is 10.0 Å². The number of hydrogen-bond acceptors (Lipinski definition) is 2. The monoisotopic (exact) mass is 89.0 g/mol. The smallest absolute Gasteiger partial charge is 0.233 e. The fourth-order valence-corrected chi connectivity index (χ4v) is 0.0745. The average molecular weight is 89.1 g/mol.